The van der Waals surface area contributed by atoms with Crippen LogP contribution in [0.1, 0.15) is 29.2 Å². The quantitative estimate of drug-likeness (QED) is 0.376. The molecule has 1 fully saturated rings. The van der Waals surface area contributed by atoms with Gasteiger partial charge in [-0.1, -0.05) is 12.1 Å². The van der Waals surface area contributed by atoms with Crippen LogP contribution in [0, 0.1) is 12.7 Å². The molecule has 1 atom stereocenters. The highest BCUT2D eigenvalue weighted by atomic mass is 19.1. The first-order valence-corrected chi connectivity index (χ1v) is 9.88. The molecule has 1 saturated heterocycles. The Labute approximate surface area is 178 Å². The zero-order valence-corrected chi connectivity index (χ0v) is 16.9. The number of aliphatic hydroxyl groups excluding tert-OH is 1. The highest BCUT2D eigenvalue weighted by molar-refractivity contribution is 6.46. The lowest BCUT2D eigenvalue weighted by molar-refractivity contribution is -0.139. The van der Waals surface area contributed by atoms with Crippen LogP contribution >= 0.6 is 0 Å². The summed E-state index contributed by atoms with van der Waals surface area (Å²) in [7, 11) is 0. The molecule has 0 bridgehead atoms. The fourth-order valence-corrected chi connectivity index (χ4v) is 3.74. The van der Waals surface area contributed by atoms with E-state index in [9.17, 15) is 19.1 Å². The lowest BCUT2D eigenvalue weighted by atomic mass is 9.95. The van der Waals surface area contributed by atoms with Crippen LogP contribution in [-0.4, -0.2) is 42.8 Å². The largest absolute Gasteiger partial charge is 0.507 e. The zero-order valence-electron chi connectivity index (χ0n) is 16.9. The van der Waals surface area contributed by atoms with Crippen LogP contribution in [0.5, 0.6) is 0 Å². The second kappa shape index (κ2) is 8.51. The summed E-state index contributed by atoms with van der Waals surface area (Å²) in [6, 6.07) is 6.83. The maximum absolute atomic E-state index is 14.1. The molecule has 3 aromatic rings. The molecule has 1 amide bonds. The van der Waals surface area contributed by atoms with Gasteiger partial charge in [0.2, 0.25) is 0 Å². The Bertz CT molecular complexity index is 1140. The van der Waals surface area contributed by atoms with Crippen molar-refractivity contribution >= 4 is 17.4 Å². The second-order valence-corrected chi connectivity index (χ2v) is 7.39. The lowest BCUT2D eigenvalue weighted by Gasteiger charge is -2.25. The topological polar surface area (TPSA) is 88.3 Å². The average Bonchev–Trinajstić information content (AvgIpc) is 3.38. The molecule has 1 aliphatic heterocycles. The molecule has 4 rings (SSSR count). The highest BCUT2D eigenvalue weighted by Crippen LogP contribution is 2.39. The van der Waals surface area contributed by atoms with Gasteiger partial charge in [0, 0.05) is 43.4 Å². The number of Topliss-reactive ketones (excluding diaryl/α,β-unsaturated/α-hetero) is 1. The number of pyridine rings is 1. The van der Waals surface area contributed by atoms with Crippen molar-refractivity contribution in [2.75, 3.05) is 6.54 Å². The second-order valence-electron chi connectivity index (χ2n) is 7.39. The predicted octanol–water partition coefficient (Wildman–Crippen LogP) is 3.24. The number of nitrogens with zero attached hydrogens (tertiary/aromatic N) is 4. The molecule has 2 aromatic heterocycles. The summed E-state index contributed by atoms with van der Waals surface area (Å²) < 4.78 is 16.0. The predicted molar refractivity (Wildman–Crippen MR) is 111 cm³/mol. The Hall–Kier alpha value is -3.81. The summed E-state index contributed by atoms with van der Waals surface area (Å²) in [4.78, 5) is 35.2. The van der Waals surface area contributed by atoms with Gasteiger partial charge >= 0.3 is 0 Å². The van der Waals surface area contributed by atoms with Gasteiger partial charge in [-0.3, -0.25) is 14.6 Å². The van der Waals surface area contributed by atoms with Crippen molar-refractivity contribution in [1.82, 2.24) is 19.4 Å². The van der Waals surface area contributed by atoms with Crippen molar-refractivity contribution < 1.29 is 19.1 Å². The van der Waals surface area contributed by atoms with Gasteiger partial charge in [0.05, 0.1) is 17.9 Å². The molecule has 8 heteroatoms. The van der Waals surface area contributed by atoms with Crippen molar-refractivity contribution in [3.63, 3.8) is 0 Å². The van der Waals surface area contributed by atoms with E-state index in [-0.39, 0.29) is 11.1 Å². The Morgan fingerprint density at radius 2 is 1.87 bits per heavy atom. The van der Waals surface area contributed by atoms with Gasteiger partial charge in [-0.05, 0) is 42.7 Å². The fraction of sp³-hybridized carbons (Fsp3) is 0.217. The number of hydrogen-bond acceptors (Lipinski definition) is 5. The highest BCUT2D eigenvalue weighted by Gasteiger charge is 2.45. The van der Waals surface area contributed by atoms with Crippen LogP contribution in [0.15, 0.2) is 67.0 Å². The summed E-state index contributed by atoms with van der Waals surface area (Å²) in [5, 5.41) is 10.9. The van der Waals surface area contributed by atoms with Crippen molar-refractivity contribution in [3.8, 4) is 0 Å². The number of carbonyl (C=O) groups is 2. The Morgan fingerprint density at radius 1 is 1.10 bits per heavy atom. The van der Waals surface area contributed by atoms with E-state index >= 15 is 0 Å². The van der Waals surface area contributed by atoms with E-state index in [1.165, 1.54) is 23.1 Å². The van der Waals surface area contributed by atoms with Crippen molar-refractivity contribution in [3.05, 3.63) is 89.5 Å². The van der Waals surface area contributed by atoms with Crippen LogP contribution in [0.3, 0.4) is 0 Å². The van der Waals surface area contributed by atoms with Gasteiger partial charge in [-0.15, -0.1) is 0 Å². The summed E-state index contributed by atoms with van der Waals surface area (Å²) in [6.07, 6.45) is 8.88. The van der Waals surface area contributed by atoms with Gasteiger partial charge in [0.15, 0.2) is 0 Å². The fourth-order valence-electron chi connectivity index (χ4n) is 3.74. The summed E-state index contributed by atoms with van der Waals surface area (Å²) >= 11 is 0. The number of ketones is 1. The molecule has 3 heterocycles. The lowest BCUT2D eigenvalue weighted by Crippen LogP contribution is -2.31. The zero-order chi connectivity index (χ0) is 22.0. The molecule has 7 nitrogen and oxygen atoms in total. The maximum atomic E-state index is 14.1. The minimum Gasteiger partial charge on any atom is -0.507 e. The van der Waals surface area contributed by atoms with Crippen LogP contribution in [0.4, 0.5) is 4.39 Å². The minimum absolute atomic E-state index is 0.0536. The van der Waals surface area contributed by atoms with Gasteiger partial charge in [0.1, 0.15) is 11.6 Å². The number of carbonyl (C=O) groups excluding carboxylic acids is 2. The molecule has 1 aliphatic rings. The molecule has 1 aromatic carbocycles. The molecule has 1 N–H and O–H groups in total. The molecular formula is C23H21FN4O3. The third-order valence-electron chi connectivity index (χ3n) is 5.38. The normalized spacial score (nSPS) is 18.0. The third-order valence-corrected chi connectivity index (χ3v) is 5.38. The minimum atomic E-state index is -0.789. The SMILES string of the molecule is Cc1ccc(C(O)=C2C(=O)C(=O)N(CCCn3ccnc3)C2c2ccncc2)cc1F. The van der Waals surface area contributed by atoms with Crippen LogP contribution in [0.25, 0.3) is 5.76 Å². The summed E-state index contributed by atoms with van der Waals surface area (Å²) in [6.45, 7) is 2.53. The summed E-state index contributed by atoms with van der Waals surface area (Å²) in [5.74, 6) is -2.38. The Balaban J connectivity index is 1.73. The van der Waals surface area contributed by atoms with Gasteiger partial charge in [-0.25, -0.2) is 9.37 Å². The third kappa shape index (κ3) is 3.96. The first kappa shape index (κ1) is 20.5. The van der Waals surface area contributed by atoms with Gasteiger partial charge in [-0.2, -0.15) is 0 Å². The summed E-state index contributed by atoms with van der Waals surface area (Å²) in [5.41, 5.74) is 1.16. The van der Waals surface area contributed by atoms with Crippen LogP contribution in [0.2, 0.25) is 0 Å². The average molecular weight is 420 g/mol. The molecule has 0 radical (unpaired) electrons. The maximum Gasteiger partial charge on any atom is 0.295 e. The first-order chi connectivity index (χ1) is 15.0. The van der Waals surface area contributed by atoms with E-state index in [0.717, 1.165) is 0 Å². The van der Waals surface area contributed by atoms with Crippen molar-refractivity contribution in [1.29, 1.82) is 0 Å². The number of aryl methyl sites for hydroxylation is 2. The molecular weight excluding hydrogens is 399 g/mol. The number of imidazole rings is 1. The van der Waals surface area contributed by atoms with Gasteiger partial charge in [0.25, 0.3) is 11.7 Å². The van der Waals surface area contributed by atoms with Crippen molar-refractivity contribution in [2.24, 2.45) is 0 Å². The monoisotopic (exact) mass is 420 g/mol. The number of aliphatic hydroxyl groups is 1. The standard InChI is InChI=1S/C23H21FN4O3/c1-15-3-4-17(13-18(15)24)21(29)19-20(16-5-7-25-8-6-16)28(23(31)22(19)30)11-2-10-27-12-9-26-14-27/h3-9,12-14,20,29H,2,10-11H2,1H3. The van der Waals surface area contributed by atoms with E-state index in [2.05, 4.69) is 9.97 Å². The van der Waals surface area contributed by atoms with Crippen LogP contribution in [-0.2, 0) is 16.1 Å². The van der Waals surface area contributed by atoms with Crippen LogP contribution < -0.4 is 0 Å². The van der Waals surface area contributed by atoms with E-state index in [0.29, 0.717) is 30.6 Å². The van der Waals surface area contributed by atoms with E-state index in [1.807, 2.05) is 10.8 Å². The molecule has 0 spiro atoms. The van der Waals surface area contributed by atoms with E-state index in [4.69, 9.17) is 0 Å². The number of hydrogen-bond donors (Lipinski definition) is 1. The number of halogens is 1. The van der Waals surface area contributed by atoms with Gasteiger partial charge < -0.3 is 14.6 Å². The molecule has 31 heavy (non-hydrogen) atoms. The smallest absolute Gasteiger partial charge is 0.295 e. The number of likely N-dealkylation sites (tertiary alicyclic amines) is 1. The number of aromatic nitrogens is 3. The molecule has 158 valence electrons. The molecule has 1 unspecified atom stereocenters. The molecule has 0 saturated carbocycles. The number of rotatable bonds is 6. The first-order valence-electron chi connectivity index (χ1n) is 9.88. The Kier molecular flexibility index (Phi) is 5.62. The van der Waals surface area contributed by atoms with Crippen molar-refractivity contribution in [2.45, 2.75) is 25.9 Å². The number of benzene rings is 1. The van der Waals surface area contributed by atoms with E-state index in [1.54, 1.807) is 44.0 Å². The Morgan fingerprint density at radius 3 is 2.55 bits per heavy atom. The van der Waals surface area contributed by atoms with E-state index < -0.39 is 29.3 Å². The molecule has 0 aliphatic carbocycles. The number of amides is 1.